The molecule has 7 N–H and O–H groups in total. The second kappa shape index (κ2) is 31.1. The number of halogens is 8. The van der Waals surface area contributed by atoms with Crippen LogP contribution in [0.3, 0.4) is 0 Å². The van der Waals surface area contributed by atoms with E-state index in [1.165, 1.54) is 91.9 Å². The molecule has 0 saturated heterocycles. The molecule has 0 aromatic heterocycles. The molecule has 0 amide bonds. The van der Waals surface area contributed by atoms with Crippen LogP contribution in [0.25, 0.3) is 0 Å². The third-order valence-electron chi connectivity index (χ3n) is 9.82. The van der Waals surface area contributed by atoms with E-state index in [1.807, 2.05) is 26.0 Å². The smallest absolute Gasteiger partial charge is 0.194 e. The van der Waals surface area contributed by atoms with E-state index in [4.69, 9.17) is 35.7 Å². The summed E-state index contributed by atoms with van der Waals surface area (Å²) in [4.78, 5) is 0. The van der Waals surface area contributed by atoms with Crippen molar-refractivity contribution >= 4 is 0 Å². The number of phenols is 7. The summed E-state index contributed by atoms with van der Waals surface area (Å²) in [6, 6.07) is 35.4. The Morgan fingerprint density at radius 3 is 0.931 bits per heavy atom. The maximum Gasteiger partial charge on any atom is 0.194 e. The quantitative estimate of drug-likeness (QED) is 0.0592. The van der Waals surface area contributed by atoms with Crippen LogP contribution >= 0.6 is 0 Å². The van der Waals surface area contributed by atoms with Gasteiger partial charge in [-0.15, -0.1) is 0 Å². The van der Waals surface area contributed by atoms with Gasteiger partial charge in [-0.1, -0.05) is 72.8 Å². The molecule has 72 heavy (non-hydrogen) atoms. The topological polar surface area (TPSA) is 142 Å². The lowest BCUT2D eigenvalue weighted by molar-refractivity contribution is 0.379. The summed E-state index contributed by atoms with van der Waals surface area (Å²) in [6.45, 7) is 15.8. The van der Waals surface area contributed by atoms with Gasteiger partial charge in [0.05, 0.1) is 0 Å². The molecule has 8 aromatic carbocycles. The van der Waals surface area contributed by atoms with Crippen LogP contribution < -0.4 is 0 Å². The summed E-state index contributed by atoms with van der Waals surface area (Å²) in [5, 5.41) is 61.1. The third-order valence-corrected chi connectivity index (χ3v) is 9.82. The number of aryl methyl sites for hydroxylation is 6. The molecular weight excluding hydrogens is 949 g/mol. The Balaban J connectivity index is 0.000000412. The summed E-state index contributed by atoms with van der Waals surface area (Å²) in [5.41, 5.74) is 6.60. The number of rotatable bonds is 0. The van der Waals surface area contributed by atoms with E-state index in [-0.39, 0.29) is 46.2 Å². The predicted octanol–water partition coefficient (Wildman–Crippen LogP) is 15.3. The number of hydrogen-bond acceptors (Lipinski definition) is 7. The van der Waals surface area contributed by atoms with E-state index in [0.717, 1.165) is 39.4 Å². The second-order valence-corrected chi connectivity index (χ2v) is 15.6. The molecule has 0 atom stereocenters. The first-order valence-corrected chi connectivity index (χ1v) is 21.5. The molecule has 0 aliphatic rings. The van der Waals surface area contributed by atoms with Crippen molar-refractivity contribution in [1.29, 1.82) is 0 Å². The summed E-state index contributed by atoms with van der Waals surface area (Å²) in [5.74, 6) is -5.86. The molecule has 8 aromatic rings. The highest BCUT2D eigenvalue weighted by Crippen LogP contribution is 2.26. The molecule has 0 saturated carbocycles. The molecule has 0 aliphatic heterocycles. The van der Waals surface area contributed by atoms with E-state index in [2.05, 4.69) is 0 Å². The lowest BCUT2D eigenvalue weighted by Crippen LogP contribution is -1.83. The van der Waals surface area contributed by atoms with E-state index < -0.39 is 40.6 Å². The fraction of sp³-hybridized carbons (Fsp3) is 0.158. The van der Waals surface area contributed by atoms with Gasteiger partial charge in [-0.05, 0) is 180 Å². The first-order valence-electron chi connectivity index (χ1n) is 21.5. The molecule has 0 aliphatic carbocycles. The van der Waals surface area contributed by atoms with Crippen LogP contribution in [-0.4, -0.2) is 35.7 Å². The van der Waals surface area contributed by atoms with Gasteiger partial charge in [-0.3, -0.25) is 0 Å². The lowest BCUT2D eigenvalue weighted by atomic mass is 10.1. The van der Waals surface area contributed by atoms with Crippen molar-refractivity contribution in [2.24, 2.45) is 0 Å². The molecule has 0 heterocycles. The lowest BCUT2D eigenvalue weighted by Gasteiger charge is -2.00. The Hall–Kier alpha value is -8.20. The van der Waals surface area contributed by atoms with Crippen molar-refractivity contribution in [3.05, 3.63) is 242 Å². The van der Waals surface area contributed by atoms with Crippen LogP contribution in [-0.2, 0) is 0 Å². The standard InChI is InChI=1S/C8H9FO.2C8H9F.3C7H7FO.C6H5FO2.C6H5FO/c1-5-3-6(2)8(10)7(9)4-5;2*1-6-4-3-5-8(9)7(6)2;1-5-2-3-7(9)6(8)4-5;1-5-6(8)3-2-4-7(5)9;1-5-3-2-4-6(8)7(5)9;7-4-2-1-3-5(8)6(4)9;7-5-3-1-2-4-6(5)8/h3-4,10H,1-2H3;2*3-5H,1-2H3;3*2-4,9H,1H3;1-3,8-9H;1-4,8H. The molecule has 0 radical (unpaired) electrons. The van der Waals surface area contributed by atoms with Gasteiger partial charge in [0.1, 0.15) is 23.2 Å². The Morgan fingerprint density at radius 1 is 0.236 bits per heavy atom. The minimum Gasteiger partial charge on any atom is -0.508 e. The molecule has 0 fully saturated rings. The molecular formula is C57H58F8O7. The molecule has 0 bridgehead atoms. The Morgan fingerprint density at radius 2 is 0.597 bits per heavy atom. The molecule has 8 rings (SSSR count). The summed E-state index contributed by atoms with van der Waals surface area (Å²) in [6.07, 6.45) is 0. The zero-order valence-electron chi connectivity index (χ0n) is 41.0. The van der Waals surface area contributed by atoms with Crippen molar-refractivity contribution in [2.45, 2.75) is 62.3 Å². The predicted molar refractivity (Wildman–Crippen MR) is 265 cm³/mol. The molecule has 0 spiro atoms. The highest BCUT2D eigenvalue weighted by atomic mass is 19.2. The van der Waals surface area contributed by atoms with E-state index in [9.17, 15) is 35.1 Å². The van der Waals surface area contributed by atoms with Crippen molar-refractivity contribution in [1.82, 2.24) is 0 Å². The average Bonchev–Trinajstić information content (AvgIpc) is 3.33. The molecule has 15 heteroatoms. The van der Waals surface area contributed by atoms with Crippen LogP contribution in [0.2, 0.25) is 0 Å². The van der Waals surface area contributed by atoms with Crippen molar-refractivity contribution < 1.29 is 70.9 Å². The highest BCUT2D eigenvalue weighted by molar-refractivity contribution is 5.38. The first kappa shape index (κ1) is 61.8. The van der Waals surface area contributed by atoms with Gasteiger partial charge in [0.2, 0.25) is 0 Å². The van der Waals surface area contributed by atoms with Gasteiger partial charge in [-0.2, -0.15) is 0 Å². The SMILES string of the molecule is Cc1c(O)cccc1F.Cc1cc(C)c(O)c(F)c1.Cc1ccc(O)c(F)c1.Cc1cccc(F)c1C.Cc1cccc(F)c1C.Cc1cccc(F)c1O.Oc1cccc(F)c1O.Oc1ccccc1F. The molecule has 384 valence electrons. The molecule has 0 unspecified atom stereocenters. The fourth-order valence-corrected chi connectivity index (χ4v) is 5.13. The van der Waals surface area contributed by atoms with Crippen LogP contribution in [0.15, 0.2) is 146 Å². The van der Waals surface area contributed by atoms with Gasteiger partial charge in [0.25, 0.3) is 0 Å². The first-order chi connectivity index (χ1) is 33.7. The van der Waals surface area contributed by atoms with Crippen molar-refractivity contribution in [2.75, 3.05) is 0 Å². The Kier molecular flexibility index (Phi) is 26.7. The number of aromatic hydroxyl groups is 7. The van der Waals surface area contributed by atoms with Gasteiger partial charge >= 0.3 is 0 Å². The van der Waals surface area contributed by atoms with Gasteiger partial charge in [0, 0.05) is 5.56 Å². The summed E-state index contributed by atoms with van der Waals surface area (Å²) < 4.78 is 99.1. The normalized spacial score (nSPS) is 9.57. The monoisotopic (exact) mass is 1010 g/mol. The summed E-state index contributed by atoms with van der Waals surface area (Å²) in [7, 11) is 0. The zero-order valence-corrected chi connectivity index (χ0v) is 41.0. The van der Waals surface area contributed by atoms with Gasteiger partial charge in [0.15, 0.2) is 63.6 Å². The van der Waals surface area contributed by atoms with E-state index >= 15 is 0 Å². The van der Waals surface area contributed by atoms with Gasteiger partial charge < -0.3 is 35.7 Å². The molecule has 7 nitrogen and oxygen atoms in total. The van der Waals surface area contributed by atoms with Crippen LogP contribution in [0.1, 0.15) is 50.1 Å². The van der Waals surface area contributed by atoms with Crippen LogP contribution in [0.4, 0.5) is 35.1 Å². The zero-order chi connectivity index (χ0) is 54.8. The number of phenolic OH excluding ortho intramolecular Hbond substituents is 7. The summed E-state index contributed by atoms with van der Waals surface area (Å²) >= 11 is 0. The van der Waals surface area contributed by atoms with Crippen molar-refractivity contribution in [3.8, 4) is 40.2 Å². The average molecular weight is 1010 g/mol. The minimum absolute atomic E-state index is 0.00926. The third kappa shape index (κ3) is 22.0. The van der Waals surface area contributed by atoms with E-state index in [1.54, 1.807) is 84.0 Å². The van der Waals surface area contributed by atoms with E-state index in [0.29, 0.717) is 16.7 Å². The highest BCUT2D eigenvalue weighted by Gasteiger charge is 2.05. The number of benzene rings is 8. The van der Waals surface area contributed by atoms with Gasteiger partial charge in [-0.25, -0.2) is 35.1 Å². The van der Waals surface area contributed by atoms with Crippen LogP contribution in [0.5, 0.6) is 40.2 Å². The largest absolute Gasteiger partial charge is 0.508 e. The van der Waals surface area contributed by atoms with Crippen LogP contribution in [0, 0.1) is 109 Å². The maximum absolute atomic E-state index is 12.6. The second-order valence-electron chi connectivity index (χ2n) is 15.6. The number of hydrogen-bond donors (Lipinski definition) is 7. The fourth-order valence-electron chi connectivity index (χ4n) is 5.13. The number of para-hydroxylation sites is 3. The minimum atomic E-state index is -0.810. The maximum atomic E-state index is 12.6. The van der Waals surface area contributed by atoms with Crippen molar-refractivity contribution in [3.63, 3.8) is 0 Å². The Labute approximate surface area is 414 Å². The Bertz CT molecular complexity index is 2510.